The summed E-state index contributed by atoms with van der Waals surface area (Å²) in [6.45, 7) is 7.06. The van der Waals surface area contributed by atoms with Crippen LogP contribution in [0.1, 0.15) is 5.56 Å². The van der Waals surface area contributed by atoms with Crippen molar-refractivity contribution in [3.05, 3.63) is 35.9 Å². The monoisotopic (exact) mass is 301 g/mol. The van der Waals surface area contributed by atoms with Crippen LogP contribution in [0, 0.1) is 5.92 Å². The zero-order valence-electron chi connectivity index (χ0n) is 13.7. The first-order chi connectivity index (χ1) is 10.5. The Bertz CT molecular complexity index is 531. The van der Waals surface area contributed by atoms with E-state index in [1.54, 1.807) is 0 Å². The molecule has 4 aliphatic rings. The van der Waals surface area contributed by atoms with E-state index in [0.717, 1.165) is 45.8 Å². The molecule has 0 aliphatic carbocycles. The van der Waals surface area contributed by atoms with Gasteiger partial charge < -0.3 is 19.8 Å². The molecular formula is C18H27N3O. The third-order valence-electron chi connectivity index (χ3n) is 6.06. The molecule has 4 aliphatic heterocycles. The van der Waals surface area contributed by atoms with Crippen LogP contribution in [0.2, 0.25) is 0 Å². The number of hydrogen-bond donors (Lipinski definition) is 1. The molecule has 120 valence electrons. The van der Waals surface area contributed by atoms with Gasteiger partial charge in [-0.2, -0.15) is 0 Å². The maximum atomic E-state index is 11.9. The molecule has 1 aromatic carbocycles. The molecule has 2 unspecified atom stereocenters. The summed E-state index contributed by atoms with van der Waals surface area (Å²) in [5.41, 5.74) is 0.492. The first kappa shape index (κ1) is 14.6. The van der Waals surface area contributed by atoms with Crippen LogP contribution in [0.4, 0.5) is 0 Å². The van der Waals surface area contributed by atoms with Gasteiger partial charge in [0.2, 0.25) is 0 Å². The molecule has 1 N–H and O–H groups in total. The maximum absolute atomic E-state index is 11.9. The quantitative estimate of drug-likeness (QED) is 0.879. The van der Waals surface area contributed by atoms with Gasteiger partial charge in [0.25, 0.3) is 0 Å². The Kier molecular flexibility index (Phi) is 3.35. The number of rotatable bonds is 3. The van der Waals surface area contributed by atoms with E-state index in [2.05, 4.69) is 59.1 Å². The molecule has 0 spiro atoms. The van der Waals surface area contributed by atoms with Crippen molar-refractivity contribution in [1.29, 1.82) is 0 Å². The summed E-state index contributed by atoms with van der Waals surface area (Å²) in [5.74, 6) is 0.333. The first-order valence-electron chi connectivity index (χ1n) is 8.41. The lowest BCUT2D eigenvalue weighted by molar-refractivity contribution is -0.168. The van der Waals surface area contributed by atoms with Gasteiger partial charge in [-0.25, -0.2) is 0 Å². The SMILES string of the molecule is CN(C)C[C@]1(O)C2CN3CCN(C2)CC1(c1ccccc1)C3. The number of fused-ring (bicyclic) bond motifs is 1. The van der Waals surface area contributed by atoms with E-state index < -0.39 is 5.60 Å². The molecule has 4 fully saturated rings. The van der Waals surface area contributed by atoms with Crippen LogP contribution in [-0.2, 0) is 5.41 Å². The summed E-state index contributed by atoms with van der Waals surface area (Å²) < 4.78 is 0. The van der Waals surface area contributed by atoms with Crippen LogP contribution in [0.25, 0.3) is 0 Å². The molecule has 3 atom stereocenters. The minimum Gasteiger partial charge on any atom is -0.387 e. The van der Waals surface area contributed by atoms with Gasteiger partial charge in [0.05, 0.1) is 11.0 Å². The van der Waals surface area contributed by atoms with Crippen LogP contribution in [0.5, 0.6) is 0 Å². The van der Waals surface area contributed by atoms with Crippen molar-refractivity contribution in [3.8, 4) is 0 Å². The second kappa shape index (κ2) is 5.03. The lowest BCUT2D eigenvalue weighted by Gasteiger charge is -2.61. The Morgan fingerprint density at radius 2 is 1.68 bits per heavy atom. The highest BCUT2D eigenvalue weighted by atomic mass is 16.3. The van der Waals surface area contributed by atoms with Gasteiger partial charge in [-0.15, -0.1) is 0 Å². The van der Waals surface area contributed by atoms with E-state index in [-0.39, 0.29) is 5.41 Å². The van der Waals surface area contributed by atoms with Crippen molar-refractivity contribution in [2.24, 2.45) is 5.92 Å². The molecule has 4 heterocycles. The fourth-order valence-corrected chi connectivity index (χ4v) is 5.17. The summed E-state index contributed by atoms with van der Waals surface area (Å²) in [5, 5.41) is 11.9. The molecule has 4 saturated heterocycles. The summed E-state index contributed by atoms with van der Waals surface area (Å²) in [6.07, 6.45) is 0. The number of likely N-dealkylation sites (N-methyl/N-ethyl adjacent to an activating group) is 1. The largest absolute Gasteiger partial charge is 0.387 e. The average Bonchev–Trinajstić information content (AvgIpc) is 2.74. The Hall–Kier alpha value is -0.940. The lowest BCUT2D eigenvalue weighted by atomic mass is 9.57. The Morgan fingerprint density at radius 1 is 1.09 bits per heavy atom. The zero-order chi connectivity index (χ0) is 15.4. The van der Waals surface area contributed by atoms with Gasteiger partial charge in [-0.1, -0.05) is 30.3 Å². The van der Waals surface area contributed by atoms with Gasteiger partial charge in [0.1, 0.15) is 0 Å². The summed E-state index contributed by atoms with van der Waals surface area (Å²) in [4.78, 5) is 7.32. The molecule has 4 nitrogen and oxygen atoms in total. The number of nitrogens with zero attached hydrogens (tertiary/aromatic N) is 3. The van der Waals surface area contributed by atoms with Crippen molar-refractivity contribution in [1.82, 2.24) is 14.7 Å². The lowest BCUT2D eigenvalue weighted by Crippen LogP contribution is -2.75. The summed E-state index contributed by atoms with van der Waals surface area (Å²) in [7, 11) is 4.16. The fraction of sp³-hybridized carbons (Fsp3) is 0.667. The number of piperidine rings is 2. The van der Waals surface area contributed by atoms with Crippen molar-refractivity contribution >= 4 is 0 Å². The second-order valence-corrected chi connectivity index (χ2v) is 7.78. The smallest absolute Gasteiger partial charge is 0.0946 e. The van der Waals surface area contributed by atoms with Crippen molar-refractivity contribution in [3.63, 3.8) is 0 Å². The van der Waals surface area contributed by atoms with Gasteiger partial charge in [-0.05, 0) is 19.7 Å². The van der Waals surface area contributed by atoms with Gasteiger partial charge >= 0.3 is 0 Å². The molecule has 0 aromatic heterocycles. The molecule has 5 rings (SSSR count). The number of hydrogen-bond acceptors (Lipinski definition) is 4. The van der Waals surface area contributed by atoms with Crippen LogP contribution < -0.4 is 0 Å². The molecule has 22 heavy (non-hydrogen) atoms. The van der Waals surface area contributed by atoms with Crippen LogP contribution >= 0.6 is 0 Å². The summed E-state index contributed by atoms with van der Waals surface area (Å²) >= 11 is 0. The van der Waals surface area contributed by atoms with Crippen LogP contribution in [0.15, 0.2) is 30.3 Å². The maximum Gasteiger partial charge on any atom is 0.0946 e. The predicted molar refractivity (Wildman–Crippen MR) is 88.0 cm³/mol. The molecule has 4 bridgehead atoms. The van der Waals surface area contributed by atoms with E-state index in [1.807, 2.05) is 0 Å². The highest BCUT2D eigenvalue weighted by Crippen LogP contribution is 2.50. The third kappa shape index (κ3) is 1.98. The van der Waals surface area contributed by atoms with Gasteiger partial charge in [-0.3, -0.25) is 0 Å². The summed E-state index contributed by atoms with van der Waals surface area (Å²) in [6, 6.07) is 10.7. The van der Waals surface area contributed by atoms with E-state index in [4.69, 9.17) is 0 Å². The minimum absolute atomic E-state index is 0.170. The average molecular weight is 301 g/mol. The standard InChI is InChI=1S/C18H27N3O/c1-19(2)14-18(22)16-10-20-8-9-21(11-16)13-17(18,12-20)15-6-4-3-5-7-15/h3-7,16,22H,8-14H2,1-2H3/t16?,17?,18-/m0/s1. The molecule has 1 aromatic rings. The van der Waals surface area contributed by atoms with E-state index in [0.29, 0.717) is 5.92 Å². The minimum atomic E-state index is -0.644. The van der Waals surface area contributed by atoms with Crippen molar-refractivity contribution in [2.75, 3.05) is 59.9 Å². The Morgan fingerprint density at radius 3 is 2.23 bits per heavy atom. The Labute approximate surface area is 133 Å². The van der Waals surface area contributed by atoms with Crippen LogP contribution in [-0.4, -0.2) is 85.3 Å². The van der Waals surface area contributed by atoms with E-state index in [1.165, 1.54) is 5.56 Å². The van der Waals surface area contributed by atoms with E-state index in [9.17, 15) is 5.11 Å². The topological polar surface area (TPSA) is 30.0 Å². The van der Waals surface area contributed by atoms with Gasteiger partial charge in [0.15, 0.2) is 0 Å². The fourth-order valence-electron chi connectivity index (χ4n) is 5.17. The second-order valence-electron chi connectivity index (χ2n) is 7.78. The van der Waals surface area contributed by atoms with Crippen LogP contribution in [0.3, 0.4) is 0 Å². The predicted octanol–water partition coefficient (Wildman–Crippen LogP) is 0.478. The first-order valence-corrected chi connectivity index (χ1v) is 8.41. The zero-order valence-corrected chi connectivity index (χ0v) is 13.7. The normalized spacial score (nSPS) is 43.5. The number of benzene rings is 1. The molecular weight excluding hydrogens is 274 g/mol. The van der Waals surface area contributed by atoms with Gasteiger partial charge in [0, 0.05) is 51.7 Å². The molecule has 0 radical (unpaired) electrons. The highest BCUT2D eigenvalue weighted by Gasteiger charge is 2.63. The molecule has 4 heteroatoms. The molecule has 0 saturated carbocycles. The van der Waals surface area contributed by atoms with Crippen molar-refractivity contribution in [2.45, 2.75) is 11.0 Å². The number of aliphatic hydroxyl groups is 1. The third-order valence-corrected chi connectivity index (χ3v) is 6.06. The van der Waals surface area contributed by atoms with E-state index >= 15 is 0 Å². The highest BCUT2D eigenvalue weighted by molar-refractivity contribution is 5.36. The Balaban J connectivity index is 1.86. The van der Waals surface area contributed by atoms with Crippen molar-refractivity contribution < 1.29 is 5.11 Å². The molecule has 0 amide bonds.